The lowest BCUT2D eigenvalue weighted by molar-refractivity contribution is -0.00924. The molecule has 2 heterocycles. The molecule has 140 valence electrons. The van der Waals surface area contributed by atoms with Crippen molar-refractivity contribution in [2.45, 2.75) is 51.1 Å². The number of hydrogen-bond donors (Lipinski definition) is 1. The van der Waals surface area contributed by atoms with Crippen molar-refractivity contribution < 1.29 is 9.53 Å². The summed E-state index contributed by atoms with van der Waals surface area (Å²) < 4.78 is 5.42. The Hall–Kier alpha value is -1.18. The molecule has 2 rings (SSSR count). The molecular formula is C18H30N4O2S. The summed E-state index contributed by atoms with van der Waals surface area (Å²) in [6.45, 7) is 14.2. The third-order valence-electron chi connectivity index (χ3n) is 4.56. The monoisotopic (exact) mass is 366 g/mol. The van der Waals surface area contributed by atoms with Crippen LogP contribution < -0.4 is 5.32 Å². The predicted octanol–water partition coefficient (Wildman–Crippen LogP) is 2.47. The fraction of sp³-hybridized carbons (Fsp3) is 0.722. The molecule has 6 nitrogen and oxygen atoms in total. The number of carbonyl (C=O) groups excluding carboxylic acids is 1. The second-order valence-electron chi connectivity index (χ2n) is 7.30. The highest BCUT2D eigenvalue weighted by Crippen LogP contribution is 2.23. The van der Waals surface area contributed by atoms with Gasteiger partial charge in [0.15, 0.2) is 0 Å². The van der Waals surface area contributed by atoms with E-state index in [2.05, 4.69) is 47.9 Å². The van der Waals surface area contributed by atoms with Crippen molar-refractivity contribution in [2.75, 3.05) is 39.1 Å². The molecule has 1 aliphatic rings. The lowest BCUT2D eigenvalue weighted by Gasteiger charge is -2.40. The van der Waals surface area contributed by atoms with E-state index in [1.54, 1.807) is 0 Å². The summed E-state index contributed by atoms with van der Waals surface area (Å²) in [6.07, 6.45) is 1.94. The first-order valence-corrected chi connectivity index (χ1v) is 10.0. The number of rotatable bonds is 6. The number of hydrogen-bond acceptors (Lipinski definition) is 6. The van der Waals surface area contributed by atoms with Crippen LogP contribution in [-0.4, -0.2) is 65.4 Å². The Morgan fingerprint density at radius 3 is 2.52 bits per heavy atom. The highest BCUT2D eigenvalue weighted by atomic mass is 32.2. The van der Waals surface area contributed by atoms with Crippen molar-refractivity contribution in [2.24, 2.45) is 0 Å². The summed E-state index contributed by atoms with van der Waals surface area (Å²) >= 11 is 1.49. The zero-order chi connectivity index (χ0) is 18.6. The molecule has 0 bridgehead atoms. The zero-order valence-electron chi connectivity index (χ0n) is 16.2. The smallest absolute Gasteiger partial charge is 0.255 e. The molecule has 7 heteroatoms. The maximum atomic E-state index is 12.8. The predicted molar refractivity (Wildman–Crippen MR) is 101 cm³/mol. The van der Waals surface area contributed by atoms with Crippen molar-refractivity contribution in [3.63, 3.8) is 0 Å². The van der Waals surface area contributed by atoms with E-state index in [4.69, 9.17) is 4.74 Å². The van der Waals surface area contributed by atoms with Crippen LogP contribution in [0.3, 0.4) is 0 Å². The minimum atomic E-state index is -0.119. The van der Waals surface area contributed by atoms with Gasteiger partial charge in [-0.1, -0.05) is 13.8 Å². The molecule has 0 unspecified atom stereocenters. The molecule has 1 saturated heterocycles. The molecule has 0 atom stereocenters. The number of ether oxygens (including phenoxy) is 1. The Bertz CT molecular complexity index is 613. The van der Waals surface area contributed by atoms with Gasteiger partial charge in [-0.15, -0.1) is 11.8 Å². The molecule has 0 radical (unpaired) electrons. The van der Waals surface area contributed by atoms with Crippen LogP contribution in [-0.2, 0) is 4.74 Å². The van der Waals surface area contributed by atoms with Crippen LogP contribution in [0.4, 0.5) is 0 Å². The van der Waals surface area contributed by atoms with Gasteiger partial charge in [0.1, 0.15) is 10.9 Å². The van der Waals surface area contributed by atoms with Gasteiger partial charge in [-0.05, 0) is 27.0 Å². The van der Waals surface area contributed by atoms with Crippen LogP contribution >= 0.6 is 11.8 Å². The SMILES string of the molecule is CSc1nc(C(C)C)nc(C)c1C(=O)NCC(C)(C)N1CCOCC1. The van der Waals surface area contributed by atoms with E-state index in [0.717, 1.165) is 42.8 Å². The highest BCUT2D eigenvalue weighted by Gasteiger charge is 2.29. The van der Waals surface area contributed by atoms with Gasteiger partial charge in [-0.3, -0.25) is 9.69 Å². The number of nitrogens with zero attached hydrogens (tertiary/aromatic N) is 3. The van der Waals surface area contributed by atoms with E-state index in [1.165, 1.54) is 11.8 Å². The van der Waals surface area contributed by atoms with E-state index in [1.807, 2.05) is 13.2 Å². The number of amides is 1. The third-order valence-corrected chi connectivity index (χ3v) is 5.24. The molecule has 0 spiro atoms. The zero-order valence-corrected chi connectivity index (χ0v) is 17.0. The lowest BCUT2D eigenvalue weighted by atomic mass is 10.0. The van der Waals surface area contributed by atoms with Crippen molar-refractivity contribution in [3.8, 4) is 0 Å². The topological polar surface area (TPSA) is 67.4 Å². The number of thioether (sulfide) groups is 1. The maximum absolute atomic E-state index is 12.8. The van der Waals surface area contributed by atoms with Crippen LogP contribution in [0.5, 0.6) is 0 Å². The van der Waals surface area contributed by atoms with Gasteiger partial charge < -0.3 is 10.1 Å². The molecule has 1 N–H and O–H groups in total. The number of aryl methyl sites for hydroxylation is 1. The third kappa shape index (κ3) is 4.92. The second kappa shape index (κ2) is 8.47. The summed E-state index contributed by atoms with van der Waals surface area (Å²) in [4.78, 5) is 24.3. The van der Waals surface area contributed by atoms with Crippen LogP contribution in [0.1, 0.15) is 55.5 Å². The number of carbonyl (C=O) groups is 1. The maximum Gasteiger partial charge on any atom is 0.255 e. The summed E-state index contributed by atoms with van der Waals surface area (Å²) in [6, 6.07) is 0. The summed E-state index contributed by atoms with van der Waals surface area (Å²) in [5.41, 5.74) is 1.21. The second-order valence-corrected chi connectivity index (χ2v) is 8.10. The van der Waals surface area contributed by atoms with Gasteiger partial charge in [-0.25, -0.2) is 9.97 Å². The van der Waals surface area contributed by atoms with E-state index in [-0.39, 0.29) is 17.4 Å². The normalized spacial score (nSPS) is 16.3. The fourth-order valence-electron chi connectivity index (χ4n) is 2.90. The molecule has 1 amide bonds. The first-order chi connectivity index (χ1) is 11.8. The molecule has 1 aromatic rings. The Morgan fingerprint density at radius 2 is 1.96 bits per heavy atom. The van der Waals surface area contributed by atoms with Gasteiger partial charge in [0.05, 0.1) is 24.5 Å². The van der Waals surface area contributed by atoms with Crippen LogP contribution in [0.25, 0.3) is 0 Å². The molecule has 0 aromatic carbocycles. The summed E-state index contributed by atoms with van der Waals surface area (Å²) in [7, 11) is 0. The standard InChI is InChI=1S/C18H30N4O2S/c1-12(2)15-20-13(3)14(17(21-15)25-6)16(23)19-11-18(4,5)22-7-9-24-10-8-22/h12H,7-11H2,1-6H3,(H,19,23). The largest absolute Gasteiger partial charge is 0.379 e. The minimum Gasteiger partial charge on any atom is -0.379 e. The number of nitrogens with one attached hydrogen (secondary N) is 1. The highest BCUT2D eigenvalue weighted by molar-refractivity contribution is 7.98. The van der Waals surface area contributed by atoms with Crippen molar-refractivity contribution in [1.29, 1.82) is 0 Å². The van der Waals surface area contributed by atoms with Crippen LogP contribution in [0.2, 0.25) is 0 Å². The van der Waals surface area contributed by atoms with Crippen molar-refractivity contribution in [3.05, 3.63) is 17.1 Å². The number of morpholine rings is 1. The Labute approximate surface area is 155 Å². The van der Waals surface area contributed by atoms with E-state index in [0.29, 0.717) is 12.1 Å². The minimum absolute atomic E-state index is 0.0986. The molecule has 1 aliphatic heterocycles. The van der Waals surface area contributed by atoms with Crippen LogP contribution in [0, 0.1) is 6.92 Å². The van der Waals surface area contributed by atoms with E-state index < -0.39 is 0 Å². The van der Waals surface area contributed by atoms with Gasteiger partial charge >= 0.3 is 0 Å². The fourth-order valence-corrected chi connectivity index (χ4v) is 3.53. The quantitative estimate of drug-likeness (QED) is 0.616. The summed E-state index contributed by atoms with van der Waals surface area (Å²) in [5.74, 6) is 0.924. The molecule has 0 aliphatic carbocycles. The Balaban J connectivity index is 2.12. The Kier molecular flexibility index (Phi) is 6.82. The van der Waals surface area contributed by atoms with Gasteiger partial charge in [-0.2, -0.15) is 0 Å². The van der Waals surface area contributed by atoms with E-state index >= 15 is 0 Å². The molecule has 1 aromatic heterocycles. The van der Waals surface area contributed by atoms with Gasteiger partial charge in [0, 0.05) is 31.1 Å². The van der Waals surface area contributed by atoms with Gasteiger partial charge in [0.25, 0.3) is 5.91 Å². The molecule has 1 fully saturated rings. The van der Waals surface area contributed by atoms with Crippen molar-refractivity contribution in [1.82, 2.24) is 20.2 Å². The molecular weight excluding hydrogens is 336 g/mol. The molecule has 25 heavy (non-hydrogen) atoms. The molecule has 0 saturated carbocycles. The van der Waals surface area contributed by atoms with Crippen LogP contribution in [0.15, 0.2) is 5.03 Å². The first kappa shape index (κ1) is 20.1. The average molecular weight is 367 g/mol. The average Bonchev–Trinajstić information content (AvgIpc) is 2.59. The van der Waals surface area contributed by atoms with Gasteiger partial charge in [0.2, 0.25) is 0 Å². The Morgan fingerprint density at radius 1 is 1.32 bits per heavy atom. The number of aromatic nitrogens is 2. The van der Waals surface area contributed by atoms with Crippen molar-refractivity contribution >= 4 is 17.7 Å². The summed E-state index contributed by atoms with van der Waals surface area (Å²) in [5, 5.41) is 3.83. The first-order valence-electron chi connectivity index (χ1n) is 8.79. The lowest BCUT2D eigenvalue weighted by Crippen LogP contribution is -2.55. The van der Waals surface area contributed by atoms with E-state index in [9.17, 15) is 4.79 Å².